The number of ether oxygens (including phenoxy) is 3. The van der Waals surface area contributed by atoms with Crippen LogP contribution in [-0.2, 0) is 0 Å². The van der Waals surface area contributed by atoms with Crippen molar-refractivity contribution in [2.24, 2.45) is 0 Å². The quantitative estimate of drug-likeness (QED) is 0.841. The van der Waals surface area contributed by atoms with Crippen LogP contribution in [0.3, 0.4) is 0 Å². The number of hydrogen-bond donors (Lipinski definition) is 1. The minimum absolute atomic E-state index is 0.590. The van der Waals surface area contributed by atoms with Crippen LogP contribution in [0.1, 0.15) is 0 Å². The van der Waals surface area contributed by atoms with E-state index in [2.05, 4.69) is 0 Å². The van der Waals surface area contributed by atoms with E-state index >= 15 is 0 Å². The van der Waals surface area contributed by atoms with Crippen molar-refractivity contribution in [3.63, 3.8) is 0 Å². The maximum Gasteiger partial charge on any atom is 0.133 e. The van der Waals surface area contributed by atoms with Gasteiger partial charge in [0.05, 0.1) is 14.2 Å². The molecule has 0 atom stereocenters. The summed E-state index contributed by atoms with van der Waals surface area (Å²) in [7, 11) is 3.20. The molecule has 0 aromatic heterocycles. The van der Waals surface area contributed by atoms with Crippen molar-refractivity contribution < 1.29 is 14.2 Å². The molecule has 0 aliphatic carbocycles. The van der Waals surface area contributed by atoms with Crippen LogP contribution in [0.2, 0.25) is 0 Å². The molecule has 94 valence electrons. The molecule has 4 nitrogen and oxygen atoms in total. The van der Waals surface area contributed by atoms with E-state index in [9.17, 15) is 0 Å². The van der Waals surface area contributed by atoms with Crippen molar-refractivity contribution >= 4 is 5.69 Å². The van der Waals surface area contributed by atoms with Crippen molar-refractivity contribution in [1.29, 1.82) is 0 Å². The van der Waals surface area contributed by atoms with Crippen LogP contribution in [0.15, 0.2) is 42.5 Å². The second-order valence-corrected chi connectivity index (χ2v) is 3.72. The summed E-state index contributed by atoms with van der Waals surface area (Å²) >= 11 is 0. The zero-order chi connectivity index (χ0) is 13.0. The number of rotatable bonds is 4. The van der Waals surface area contributed by atoms with Crippen LogP contribution in [-0.4, -0.2) is 14.2 Å². The Balaban J connectivity index is 2.24. The maximum absolute atomic E-state index is 5.76. The lowest BCUT2D eigenvalue weighted by molar-refractivity contribution is 0.404. The van der Waals surface area contributed by atoms with Crippen LogP contribution in [0.5, 0.6) is 23.0 Å². The summed E-state index contributed by atoms with van der Waals surface area (Å²) in [6, 6.07) is 12.6. The van der Waals surface area contributed by atoms with Crippen molar-refractivity contribution in [3.05, 3.63) is 42.5 Å². The number of benzene rings is 2. The fourth-order valence-electron chi connectivity index (χ4n) is 1.57. The summed E-state index contributed by atoms with van der Waals surface area (Å²) in [6.07, 6.45) is 0. The summed E-state index contributed by atoms with van der Waals surface area (Å²) in [4.78, 5) is 0. The van der Waals surface area contributed by atoms with Crippen LogP contribution in [0, 0.1) is 0 Å². The first kappa shape index (κ1) is 12.1. The highest BCUT2D eigenvalue weighted by Crippen LogP contribution is 2.29. The Kier molecular flexibility index (Phi) is 3.57. The molecule has 0 radical (unpaired) electrons. The van der Waals surface area contributed by atoms with Crippen LogP contribution in [0.4, 0.5) is 5.69 Å². The SMILES string of the molecule is COc1cccc(Oc2cc(N)cc(OC)c2)c1. The van der Waals surface area contributed by atoms with Crippen LogP contribution < -0.4 is 19.9 Å². The van der Waals surface area contributed by atoms with Gasteiger partial charge in [0.1, 0.15) is 23.0 Å². The van der Waals surface area contributed by atoms with Crippen molar-refractivity contribution in [2.45, 2.75) is 0 Å². The Morgan fingerprint density at radius 3 is 2.11 bits per heavy atom. The van der Waals surface area contributed by atoms with Gasteiger partial charge in [-0.3, -0.25) is 0 Å². The molecule has 18 heavy (non-hydrogen) atoms. The zero-order valence-corrected chi connectivity index (χ0v) is 10.3. The first-order valence-electron chi connectivity index (χ1n) is 5.48. The molecule has 0 aliphatic heterocycles. The molecule has 2 rings (SSSR count). The minimum atomic E-state index is 0.590. The fourth-order valence-corrected chi connectivity index (χ4v) is 1.57. The van der Waals surface area contributed by atoms with E-state index in [1.54, 1.807) is 38.5 Å². The smallest absolute Gasteiger partial charge is 0.133 e. The molecule has 0 saturated heterocycles. The molecule has 0 unspecified atom stereocenters. The number of hydrogen-bond acceptors (Lipinski definition) is 4. The molecule has 0 amide bonds. The molecule has 0 spiro atoms. The Hall–Kier alpha value is -2.36. The Morgan fingerprint density at radius 2 is 1.39 bits per heavy atom. The van der Waals surface area contributed by atoms with E-state index in [-0.39, 0.29) is 0 Å². The molecule has 0 fully saturated rings. The first-order chi connectivity index (χ1) is 8.71. The molecule has 2 N–H and O–H groups in total. The molecular formula is C14H15NO3. The van der Waals surface area contributed by atoms with Gasteiger partial charge in [-0.05, 0) is 12.1 Å². The monoisotopic (exact) mass is 245 g/mol. The lowest BCUT2D eigenvalue weighted by Gasteiger charge is -2.09. The Labute approximate surface area is 106 Å². The molecule has 0 saturated carbocycles. The average molecular weight is 245 g/mol. The van der Waals surface area contributed by atoms with Gasteiger partial charge in [0.25, 0.3) is 0 Å². The molecular weight excluding hydrogens is 230 g/mol. The van der Waals surface area contributed by atoms with E-state index < -0.39 is 0 Å². The third-order valence-electron chi connectivity index (χ3n) is 2.41. The average Bonchev–Trinajstić information content (AvgIpc) is 2.38. The highest BCUT2D eigenvalue weighted by molar-refractivity contribution is 5.51. The minimum Gasteiger partial charge on any atom is -0.497 e. The van der Waals surface area contributed by atoms with Gasteiger partial charge in [0.2, 0.25) is 0 Å². The van der Waals surface area contributed by atoms with Gasteiger partial charge < -0.3 is 19.9 Å². The highest BCUT2D eigenvalue weighted by atomic mass is 16.5. The lowest BCUT2D eigenvalue weighted by atomic mass is 10.3. The third kappa shape index (κ3) is 2.85. The number of anilines is 1. The van der Waals surface area contributed by atoms with Crippen molar-refractivity contribution in [2.75, 3.05) is 20.0 Å². The van der Waals surface area contributed by atoms with Gasteiger partial charge in [-0.25, -0.2) is 0 Å². The van der Waals surface area contributed by atoms with E-state index in [1.165, 1.54) is 0 Å². The van der Waals surface area contributed by atoms with Gasteiger partial charge in [0.15, 0.2) is 0 Å². The first-order valence-corrected chi connectivity index (χ1v) is 5.48. The molecule has 2 aromatic carbocycles. The predicted molar refractivity (Wildman–Crippen MR) is 70.5 cm³/mol. The summed E-state index contributed by atoms with van der Waals surface area (Å²) < 4.78 is 16.0. The standard InChI is InChI=1S/C14H15NO3/c1-16-11-4-3-5-12(8-11)18-14-7-10(15)6-13(9-14)17-2/h3-9H,15H2,1-2H3. The van der Waals surface area contributed by atoms with E-state index in [1.807, 2.05) is 18.2 Å². The largest absolute Gasteiger partial charge is 0.497 e. The molecule has 2 aromatic rings. The zero-order valence-electron chi connectivity index (χ0n) is 10.3. The van der Waals surface area contributed by atoms with Crippen molar-refractivity contribution in [3.8, 4) is 23.0 Å². The second kappa shape index (κ2) is 5.31. The molecule has 0 aliphatic rings. The topological polar surface area (TPSA) is 53.7 Å². The van der Waals surface area contributed by atoms with E-state index in [4.69, 9.17) is 19.9 Å². The van der Waals surface area contributed by atoms with Gasteiger partial charge in [0, 0.05) is 30.0 Å². The summed E-state index contributed by atoms with van der Waals surface area (Å²) in [5, 5.41) is 0. The third-order valence-corrected chi connectivity index (χ3v) is 2.41. The summed E-state index contributed by atoms with van der Waals surface area (Å²) in [5.41, 5.74) is 6.35. The number of nitrogen functional groups attached to an aromatic ring is 1. The number of methoxy groups -OCH3 is 2. The van der Waals surface area contributed by atoms with Gasteiger partial charge in [-0.2, -0.15) is 0 Å². The maximum atomic E-state index is 5.76. The summed E-state index contributed by atoms with van der Waals surface area (Å²) in [5.74, 6) is 2.71. The van der Waals surface area contributed by atoms with Gasteiger partial charge >= 0.3 is 0 Å². The van der Waals surface area contributed by atoms with Crippen molar-refractivity contribution in [1.82, 2.24) is 0 Å². The van der Waals surface area contributed by atoms with E-state index in [0.29, 0.717) is 22.9 Å². The van der Waals surface area contributed by atoms with Crippen LogP contribution >= 0.6 is 0 Å². The molecule has 4 heteroatoms. The normalized spacial score (nSPS) is 9.89. The Bertz CT molecular complexity index is 540. The number of nitrogens with two attached hydrogens (primary N) is 1. The second-order valence-electron chi connectivity index (χ2n) is 3.72. The molecule has 0 bridgehead atoms. The van der Waals surface area contributed by atoms with Crippen LogP contribution in [0.25, 0.3) is 0 Å². The highest BCUT2D eigenvalue weighted by Gasteiger charge is 2.03. The molecule has 0 heterocycles. The van der Waals surface area contributed by atoms with Gasteiger partial charge in [-0.1, -0.05) is 6.07 Å². The van der Waals surface area contributed by atoms with E-state index in [0.717, 1.165) is 5.75 Å². The van der Waals surface area contributed by atoms with Gasteiger partial charge in [-0.15, -0.1) is 0 Å². The predicted octanol–water partition coefficient (Wildman–Crippen LogP) is 3.08. The lowest BCUT2D eigenvalue weighted by Crippen LogP contribution is -1.91. The summed E-state index contributed by atoms with van der Waals surface area (Å²) in [6.45, 7) is 0. The fraction of sp³-hybridized carbons (Fsp3) is 0.143. The Morgan fingerprint density at radius 1 is 0.778 bits per heavy atom.